The molecule has 1 rings (SSSR count). The molecule has 0 saturated heterocycles. The van der Waals surface area contributed by atoms with Gasteiger partial charge in [-0.2, -0.15) is 0 Å². The second-order valence-corrected chi connectivity index (χ2v) is 3.76. The van der Waals surface area contributed by atoms with E-state index < -0.39 is 0 Å². The molecule has 0 unspecified atom stereocenters. The Hall–Kier alpha value is -1.06. The molecule has 1 aliphatic rings. The largest absolute Gasteiger partial charge is 0.370 e. The van der Waals surface area contributed by atoms with E-state index in [4.69, 9.17) is 0 Å². The van der Waals surface area contributed by atoms with Crippen molar-refractivity contribution in [3.8, 4) is 0 Å². The second-order valence-electron chi connectivity index (χ2n) is 3.76. The number of carbonyl (C=O) groups is 2. The van der Waals surface area contributed by atoms with E-state index in [-0.39, 0.29) is 11.8 Å². The molecule has 4 nitrogen and oxygen atoms in total. The fourth-order valence-electron chi connectivity index (χ4n) is 1.06. The van der Waals surface area contributed by atoms with E-state index >= 15 is 0 Å². The third-order valence-electron chi connectivity index (χ3n) is 2.20. The van der Waals surface area contributed by atoms with Crippen LogP contribution in [0.25, 0.3) is 0 Å². The van der Waals surface area contributed by atoms with Crippen molar-refractivity contribution in [2.45, 2.75) is 65.2 Å². The van der Waals surface area contributed by atoms with Crippen molar-refractivity contribution in [2.24, 2.45) is 11.5 Å². The summed E-state index contributed by atoms with van der Waals surface area (Å²) < 4.78 is 0. The summed E-state index contributed by atoms with van der Waals surface area (Å²) in [5.41, 5.74) is 9.31. The first-order valence-corrected chi connectivity index (χ1v) is 6.11. The van der Waals surface area contributed by atoms with Crippen LogP contribution in [0.5, 0.6) is 0 Å². The standard InChI is InChI=1S/C6H12.2C3H7NO/c1-2-4-6-5-3-1;2*1-2-3(4)5/h1-6H2;2*2H2,1H3,(H2,4,5). The fourth-order valence-corrected chi connectivity index (χ4v) is 1.06. The predicted octanol–water partition coefficient (Wildman–Crippen LogP) is 2.10. The first kappa shape index (κ1) is 17.3. The van der Waals surface area contributed by atoms with Crippen molar-refractivity contribution in [3.63, 3.8) is 0 Å². The van der Waals surface area contributed by atoms with Crippen LogP contribution in [0.2, 0.25) is 0 Å². The molecule has 0 aromatic carbocycles. The number of amides is 2. The monoisotopic (exact) mass is 230 g/mol. The first-order chi connectivity index (χ1) is 7.54. The highest BCUT2D eigenvalue weighted by molar-refractivity contribution is 5.73. The number of hydrogen-bond donors (Lipinski definition) is 2. The van der Waals surface area contributed by atoms with Gasteiger partial charge in [-0.15, -0.1) is 0 Å². The van der Waals surface area contributed by atoms with E-state index in [2.05, 4.69) is 11.5 Å². The van der Waals surface area contributed by atoms with Crippen LogP contribution in [0.3, 0.4) is 0 Å². The summed E-state index contributed by atoms with van der Waals surface area (Å²) >= 11 is 0. The average Bonchev–Trinajstić information content (AvgIpc) is 2.32. The Morgan fingerprint density at radius 3 is 0.938 bits per heavy atom. The molecule has 4 N–H and O–H groups in total. The molecule has 0 aliphatic heterocycles. The van der Waals surface area contributed by atoms with Crippen molar-refractivity contribution >= 4 is 11.8 Å². The van der Waals surface area contributed by atoms with E-state index in [0.717, 1.165) is 0 Å². The van der Waals surface area contributed by atoms with Crippen molar-refractivity contribution < 1.29 is 9.59 Å². The third-order valence-corrected chi connectivity index (χ3v) is 2.20. The third kappa shape index (κ3) is 23.1. The van der Waals surface area contributed by atoms with Gasteiger partial charge in [0.1, 0.15) is 0 Å². The van der Waals surface area contributed by atoms with Gasteiger partial charge in [-0.05, 0) is 0 Å². The van der Waals surface area contributed by atoms with Gasteiger partial charge in [-0.1, -0.05) is 52.4 Å². The molecule has 2 amide bonds. The van der Waals surface area contributed by atoms with Crippen molar-refractivity contribution in [2.75, 3.05) is 0 Å². The Morgan fingerprint density at radius 2 is 0.875 bits per heavy atom. The number of rotatable bonds is 2. The maximum absolute atomic E-state index is 9.59. The Bertz CT molecular complexity index is 152. The SMILES string of the molecule is C1CCCCC1.CCC(N)=O.CCC(N)=O. The minimum Gasteiger partial charge on any atom is -0.370 e. The molecule has 0 bridgehead atoms. The Morgan fingerprint density at radius 1 is 0.750 bits per heavy atom. The highest BCUT2D eigenvalue weighted by Gasteiger charge is 1.95. The van der Waals surface area contributed by atoms with Gasteiger partial charge in [-0.25, -0.2) is 0 Å². The summed E-state index contributed by atoms with van der Waals surface area (Å²) in [7, 11) is 0. The smallest absolute Gasteiger partial charge is 0.217 e. The topological polar surface area (TPSA) is 86.2 Å². The zero-order valence-corrected chi connectivity index (χ0v) is 10.6. The molecule has 4 heteroatoms. The van der Waals surface area contributed by atoms with Crippen LogP contribution < -0.4 is 11.5 Å². The highest BCUT2D eigenvalue weighted by Crippen LogP contribution is 2.15. The van der Waals surface area contributed by atoms with E-state index in [1.807, 2.05) is 0 Å². The summed E-state index contributed by atoms with van der Waals surface area (Å²) in [6.45, 7) is 3.45. The van der Waals surface area contributed by atoms with Gasteiger partial charge in [-0.3, -0.25) is 9.59 Å². The Kier molecular flexibility index (Phi) is 15.1. The van der Waals surface area contributed by atoms with Crippen molar-refractivity contribution in [1.29, 1.82) is 0 Å². The van der Waals surface area contributed by atoms with Gasteiger partial charge >= 0.3 is 0 Å². The highest BCUT2D eigenvalue weighted by atomic mass is 16.1. The molecule has 96 valence electrons. The molecule has 0 atom stereocenters. The lowest BCUT2D eigenvalue weighted by atomic mass is 10.0. The molecule has 0 aromatic rings. The zero-order chi connectivity index (χ0) is 12.8. The lowest BCUT2D eigenvalue weighted by molar-refractivity contribution is -0.118. The predicted molar refractivity (Wildman–Crippen MR) is 66.7 cm³/mol. The molecule has 16 heavy (non-hydrogen) atoms. The molecule has 0 radical (unpaired) electrons. The van der Waals surface area contributed by atoms with Crippen molar-refractivity contribution in [3.05, 3.63) is 0 Å². The minimum absolute atomic E-state index is 0.245. The fraction of sp³-hybridized carbons (Fsp3) is 0.833. The summed E-state index contributed by atoms with van der Waals surface area (Å²) in [4.78, 5) is 19.2. The molecule has 0 aromatic heterocycles. The van der Waals surface area contributed by atoms with Crippen LogP contribution in [0.15, 0.2) is 0 Å². The van der Waals surface area contributed by atoms with Crippen LogP contribution >= 0.6 is 0 Å². The molecule has 0 heterocycles. The number of hydrogen-bond acceptors (Lipinski definition) is 2. The summed E-state index contributed by atoms with van der Waals surface area (Å²) in [5, 5.41) is 0. The zero-order valence-electron chi connectivity index (χ0n) is 10.6. The molecule has 0 spiro atoms. The normalized spacial score (nSPS) is 13.6. The molecular formula is C12H26N2O2. The van der Waals surface area contributed by atoms with Gasteiger partial charge in [0.05, 0.1) is 0 Å². The van der Waals surface area contributed by atoms with Gasteiger partial charge in [0, 0.05) is 12.8 Å². The maximum atomic E-state index is 9.59. The second kappa shape index (κ2) is 13.9. The molecular weight excluding hydrogens is 204 g/mol. The van der Waals surface area contributed by atoms with Gasteiger partial charge < -0.3 is 11.5 Å². The van der Waals surface area contributed by atoms with E-state index in [1.165, 1.54) is 38.5 Å². The molecule has 1 fully saturated rings. The van der Waals surface area contributed by atoms with Crippen molar-refractivity contribution in [1.82, 2.24) is 0 Å². The Labute approximate surface area is 98.8 Å². The quantitative estimate of drug-likeness (QED) is 0.761. The summed E-state index contributed by atoms with van der Waals surface area (Å²) in [6, 6.07) is 0. The Balaban J connectivity index is 0. The summed E-state index contributed by atoms with van der Waals surface area (Å²) in [6.07, 6.45) is 9.89. The number of carbonyl (C=O) groups excluding carboxylic acids is 2. The maximum Gasteiger partial charge on any atom is 0.217 e. The number of primary amides is 2. The average molecular weight is 230 g/mol. The lowest BCUT2D eigenvalue weighted by Crippen LogP contribution is -2.06. The van der Waals surface area contributed by atoms with Crippen LogP contribution in [-0.4, -0.2) is 11.8 Å². The van der Waals surface area contributed by atoms with Crippen LogP contribution in [0, 0.1) is 0 Å². The van der Waals surface area contributed by atoms with Crippen LogP contribution in [0.1, 0.15) is 65.2 Å². The van der Waals surface area contributed by atoms with Crippen LogP contribution in [0.4, 0.5) is 0 Å². The minimum atomic E-state index is -0.245. The van der Waals surface area contributed by atoms with E-state index in [9.17, 15) is 9.59 Å². The molecule has 1 saturated carbocycles. The van der Waals surface area contributed by atoms with Gasteiger partial charge in [0.25, 0.3) is 0 Å². The van der Waals surface area contributed by atoms with Crippen LogP contribution in [-0.2, 0) is 9.59 Å². The lowest BCUT2D eigenvalue weighted by Gasteiger charge is -2.05. The van der Waals surface area contributed by atoms with Gasteiger partial charge in [0.15, 0.2) is 0 Å². The summed E-state index contributed by atoms with van der Waals surface area (Å²) in [5.74, 6) is -0.491. The first-order valence-electron chi connectivity index (χ1n) is 6.11. The number of nitrogens with two attached hydrogens (primary N) is 2. The van der Waals surface area contributed by atoms with E-state index in [1.54, 1.807) is 13.8 Å². The van der Waals surface area contributed by atoms with E-state index in [0.29, 0.717) is 12.8 Å². The molecule has 1 aliphatic carbocycles. The van der Waals surface area contributed by atoms with Gasteiger partial charge in [0.2, 0.25) is 11.8 Å².